The van der Waals surface area contributed by atoms with Gasteiger partial charge in [-0.1, -0.05) is 18.2 Å². The number of anilines is 2. The Bertz CT molecular complexity index is 1120. The molecule has 2 aromatic carbocycles. The summed E-state index contributed by atoms with van der Waals surface area (Å²) in [6.07, 6.45) is 1.77. The fraction of sp³-hybridized carbons (Fsp3) is 0.0500. The molecular formula is C20H16FN5O. The van der Waals surface area contributed by atoms with Crippen LogP contribution >= 0.6 is 0 Å². The number of nitrogen functional groups attached to an aromatic ring is 1. The van der Waals surface area contributed by atoms with E-state index >= 15 is 0 Å². The Morgan fingerprint density at radius 1 is 1.07 bits per heavy atom. The fourth-order valence-electron chi connectivity index (χ4n) is 2.87. The van der Waals surface area contributed by atoms with Gasteiger partial charge in [0.05, 0.1) is 11.9 Å². The number of carbonyl (C=O) groups excluding carboxylic acids is 1. The number of pyridine rings is 1. The highest BCUT2D eigenvalue weighted by Crippen LogP contribution is 2.27. The average molecular weight is 361 g/mol. The van der Waals surface area contributed by atoms with E-state index in [1.165, 1.54) is 12.1 Å². The quantitative estimate of drug-likeness (QED) is 0.518. The van der Waals surface area contributed by atoms with Gasteiger partial charge in [0.2, 0.25) is 5.91 Å². The minimum atomic E-state index is -0.330. The topological polar surface area (TPSA) is 96.7 Å². The Morgan fingerprint density at radius 3 is 2.67 bits per heavy atom. The van der Waals surface area contributed by atoms with E-state index in [1.807, 2.05) is 24.3 Å². The van der Waals surface area contributed by atoms with Gasteiger partial charge in [-0.25, -0.2) is 9.37 Å². The van der Waals surface area contributed by atoms with Gasteiger partial charge >= 0.3 is 0 Å². The lowest BCUT2D eigenvalue weighted by Gasteiger charge is -2.07. The van der Waals surface area contributed by atoms with Gasteiger partial charge in [-0.3, -0.25) is 9.89 Å². The smallest absolute Gasteiger partial charge is 0.229 e. The van der Waals surface area contributed by atoms with Gasteiger partial charge in [0, 0.05) is 11.6 Å². The molecule has 0 spiro atoms. The summed E-state index contributed by atoms with van der Waals surface area (Å²) < 4.78 is 13.0. The average Bonchev–Trinajstić information content (AvgIpc) is 3.04. The summed E-state index contributed by atoms with van der Waals surface area (Å²) in [6, 6.07) is 15.3. The van der Waals surface area contributed by atoms with E-state index in [1.54, 1.807) is 24.4 Å². The summed E-state index contributed by atoms with van der Waals surface area (Å²) in [5.74, 6) is 0.332. The van der Waals surface area contributed by atoms with Gasteiger partial charge in [-0.2, -0.15) is 5.10 Å². The number of halogens is 1. The number of hydrogen-bond acceptors (Lipinski definition) is 4. The van der Waals surface area contributed by atoms with Gasteiger partial charge in [-0.15, -0.1) is 0 Å². The van der Waals surface area contributed by atoms with Crippen molar-refractivity contribution in [2.24, 2.45) is 0 Å². The molecule has 0 atom stereocenters. The molecule has 4 rings (SSSR count). The van der Waals surface area contributed by atoms with Crippen molar-refractivity contribution >= 4 is 28.4 Å². The van der Waals surface area contributed by atoms with E-state index in [2.05, 4.69) is 20.5 Å². The van der Waals surface area contributed by atoms with Crippen LogP contribution in [-0.2, 0) is 11.2 Å². The Kier molecular flexibility index (Phi) is 4.25. The van der Waals surface area contributed by atoms with Crippen LogP contribution in [0.1, 0.15) is 5.56 Å². The first-order valence-corrected chi connectivity index (χ1v) is 8.33. The number of nitrogens with zero attached hydrogens (tertiary/aromatic N) is 2. The maximum Gasteiger partial charge on any atom is 0.229 e. The number of hydrogen-bond donors (Lipinski definition) is 3. The minimum absolute atomic E-state index is 0.143. The molecule has 2 heterocycles. The molecule has 4 N–H and O–H groups in total. The van der Waals surface area contributed by atoms with Gasteiger partial charge in [0.25, 0.3) is 0 Å². The molecule has 0 unspecified atom stereocenters. The molecule has 0 bridgehead atoms. The number of H-pyrrole nitrogens is 1. The highest BCUT2D eigenvalue weighted by atomic mass is 19.1. The summed E-state index contributed by atoms with van der Waals surface area (Å²) in [7, 11) is 0. The number of fused-ring (bicyclic) bond motifs is 1. The van der Waals surface area contributed by atoms with Crippen LogP contribution in [0.15, 0.2) is 60.8 Å². The van der Waals surface area contributed by atoms with Crippen LogP contribution in [0.4, 0.5) is 16.0 Å². The number of aromatic amines is 1. The van der Waals surface area contributed by atoms with E-state index in [9.17, 15) is 9.18 Å². The fourth-order valence-corrected chi connectivity index (χ4v) is 2.87. The lowest BCUT2D eigenvalue weighted by atomic mass is 10.0. The standard InChI is InChI=1S/C20H16FN5O/c21-15-4-1-12(2-5-15)9-19(27)24-18-11-14(7-8-23-18)13-3-6-17-16(10-13)20(22)26-25-17/h1-8,10-11H,9H2,(H3,22,25,26)(H,23,24,27). The van der Waals surface area contributed by atoms with Gasteiger partial charge in [0.15, 0.2) is 5.82 Å². The number of carbonyl (C=O) groups is 1. The molecule has 7 heteroatoms. The lowest BCUT2D eigenvalue weighted by Crippen LogP contribution is -2.15. The molecular weight excluding hydrogens is 345 g/mol. The Labute approximate surface area is 154 Å². The van der Waals surface area contributed by atoms with Crippen molar-refractivity contribution in [1.29, 1.82) is 0 Å². The maximum absolute atomic E-state index is 13.0. The van der Waals surface area contributed by atoms with Crippen LogP contribution in [0.25, 0.3) is 22.0 Å². The van der Waals surface area contributed by atoms with Crippen LogP contribution in [0, 0.1) is 5.82 Å². The zero-order valence-electron chi connectivity index (χ0n) is 14.2. The summed E-state index contributed by atoms with van der Waals surface area (Å²) >= 11 is 0. The van der Waals surface area contributed by atoms with Crippen LogP contribution in [-0.4, -0.2) is 21.1 Å². The third-order valence-corrected chi connectivity index (χ3v) is 4.23. The molecule has 0 aliphatic rings. The zero-order chi connectivity index (χ0) is 18.8. The van der Waals surface area contributed by atoms with Crippen molar-refractivity contribution in [1.82, 2.24) is 15.2 Å². The molecule has 0 saturated heterocycles. The van der Waals surface area contributed by atoms with Gasteiger partial charge in [0.1, 0.15) is 11.6 Å². The number of rotatable bonds is 4. The SMILES string of the molecule is Nc1n[nH]c2ccc(-c3ccnc(NC(=O)Cc4ccc(F)cc4)c3)cc12. The Hall–Kier alpha value is -3.74. The van der Waals surface area contributed by atoms with Crippen LogP contribution in [0.3, 0.4) is 0 Å². The molecule has 0 aliphatic carbocycles. The summed E-state index contributed by atoms with van der Waals surface area (Å²) in [5, 5.41) is 10.5. The largest absolute Gasteiger partial charge is 0.382 e. The molecule has 0 fully saturated rings. The molecule has 134 valence electrons. The molecule has 2 aromatic heterocycles. The molecule has 0 saturated carbocycles. The lowest BCUT2D eigenvalue weighted by molar-refractivity contribution is -0.115. The number of benzene rings is 2. The van der Waals surface area contributed by atoms with Crippen molar-refractivity contribution in [2.75, 3.05) is 11.1 Å². The van der Waals surface area contributed by atoms with Gasteiger partial charge < -0.3 is 11.1 Å². The molecule has 27 heavy (non-hydrogen) atoms. The van der Waals surface area contributed by atoms with E-state index in [-0.39, 0.29) is 18.1 Å². The van der Waals surface area contributed by atoms with E-state index in [0.29, 0.717) is 11.6 Å². The Balaban J connectivity index is 1.53. The third-order valence-electron chi connectivity index (χ3n) is 4.23. The number of aromatic nitrogens is 3. The maximum atomic E-state index is 13.0. The second-order valence-corrected chi connectivity index (χ2v) is 6.15. The second kappa shape index (κ2) is 6.87. The van der Waals surface area contributed by atoms with E-state index in [4.69, 9.17) is 5.73 Å². The normalized spacial score (nSPS) is 10.9. The monoisotopic (exact) mass is 361 g/mol. The second-order valence-electron chi connectivity index (χ2n) is 6.15. The molecule has 4 aromatic rings. The van der Waals surface area contributed by atoms with Crippen molar-refractivity contribution in [3.63, 3.8) is 0 Å². The highest BCUT2D eigenvalue weighted by Gasteiger charge is 2.08. The summed E-state index contributed by atoms with van der Waals surface area (Å²) in [6.45, 7) is 0. The van der Waals surface area contributed by atoms with Crippen LogP contribution in [0.2, 0.25) is 0 Å². The van der Waals surface area contributed by atoms with Crippen molar-refractivity contribution in [3.05, 3.63) is 72.2 Å². The number of nitrogens with two attached hydrogens (primary N) is 1. The first kappa shape index (κ1) is 16.7. The van der Waals surface area contributed by atoms with E-state index in [0.717, 1.165) is 27.6 Å². The zero-order valence-corrected chi connectivity index (χ0v) is 14.2. The number of amides is 1. The molecule has 6 nitrogen and oxygen atoms in total. The summed E-state index contributed by atoms with van der Waals surface area (Å²) in [5.41, 5.74) is 9.28. The highest BCUT2D eigenvalue weighted by molar-refractivity contribution is 5.94. The first-order chi connectivity index (χ1) is 13.1. The predicted octanol–water partition coefficient (Wildman–Crippen LogP) is 3.53. The predicted molar refractivity (Wildman–Crippen MR) is 102 cm³/mol. The molecule has 0 radical (unpaired) electrons. The molecule has 1 amide bonds. The number of nitrogens with one attached hydrogen (secondary N) is 2. The third kappa shape index (κ3) is 3.62. The van der Waals surface area contributed by atoms with Gasteiger partial charge in [-0.05, 0) is 53.1 Å². The molecule has 0 aliphatic heterocycles. The van der Waals surface area contributed by atoms with Crippen molar-refractivity contribution < 1.29 is 9.18 Å². The summed E-state index contributed by atoms with van der Waals surface area (Å²) in [4.78, 5) is 16.4. The Morgan fingerprint density at radius 2 is 1.85 bits per heavy atom. The van der Waals surface area contributed by atoms with Crippen molar-refractivity contribution in [3.8, 4) is 11.1 Å². The van der Waals surface area contributed by atoms with Crippen LogP contribution < -0.4 is 11.1 Å². The minimum Gasteiger partial charge on any atom is -0.382 e. The van der Waals surface area contributed by atoms with Crippen molar-refractivity contribution in [2.45, 2.75) is 6.42 Å². The van der Waals surface area contributed by atoms with Crippen LogP contribution in [0.5, 0.6) is 0 Å². The first-order valence-electron chi connectivity index (χ1n) is 8.33. The van der Waals surface area contributed by atoms with E-state index < -0.39 is 0 Å².